The van der Waals surface area contributed by atoms with Gasteiger partial charge in [0.15, 0.2) is 0 Å². The van der Waals surface area contributed by atoms with Crippen LogP contribution in [0.1, 0.15) is 22.3 Å². The standard InChI is InChI=1S/C13H17Br2NO2/c1-9-4-3-5-11(12(9)15)13(17)16-10(6-7-14)8-18-2/h3-5,10H,6-8H2,1-2H3,(H,16,17). The van der Waals surface area contributed by atoms with E-state index in [1.807, 2.05) is 25.1 Å². The number of alkyl halides is 1. The molecule has 0 saturated heterocycles. The first-order valence-corrected chi connectivity index (χ1v) is 7.62. The summed E-state index contributed by atoms with van der Waals surface area (Å²) in [5, 5.41) is 3.81. The SMILES string of the molecule is COCC(CCBr)NC(=O)c1cccc(C)c1Br. The highest BCUT2D eigenvalue weighted by molar-refractivity contribution is 9.10. The summed E-state index contributed by atoms with van der Waals surface area (Å²) in [7, 11) is 1.63. The number of ether oxygens (including phenoxy) is 1. The van der Waals surface area contributed by atoms with Gasteiger partial charge in [-0.25, -0.2) is 0 Å². The molecule has 0 heterocycles. The zero-order chi connectivity index (χ0) is 13.5. The van der Waals surface area contributed by atoms with Gasteiger partial charge in [-0.3, -0.25) is 4.79 Å². The topological polar surface area (TPSA) is 38.3 Å². The number of hydrogen-bond donors (Lipinski definition) is 1. The number of rotatable bonds is 6. The second-order valence-corrected chi connectivity index (χ2v) is 5.63. The van der Waals surface area contributed by atoms with Gasteiger partial charge in [0.2, 0.25) is 0 Å². The van der Waals surface area contributed by atoms with Gasteiger partial charge in [-0.1, -0.05) is 28.1 Å². The summed E-state index contributed by atoms with van der Waals surface area (Å²) in [6.07, 6.45) is 0.836. The number of amides is 1. The summed E-state index contributed by atoms with van der Waals surface area (Å²) in [6, 6.07) is 5.68. The van der Waals surface area contributed by atoms with Crippen molar-refractivity contribution in [2.45, 2.75) is 19.4 Å². The van der Waals surface area contributed by atoms with Crippen LogP contribution in [0.5, 0.6) is 0 Å². The van der Waals surface area contributed by atoms with Crippen molar-refractivity contribution in [2.24, 2.45) is 0 Å². The number of carbonyl (C=O) groups excluding carboxylic acids is 1. The summed E-state index contributed by atoms with van der Waals surface area (Å²) >= 11 is 6.82. The largest absolute Gasteiger partial charge is 0.383 e. The molecule has 5 heteroatoms. The van der Waals surface area contributed by atoms with Gasteiger partial charge in [0.1, 0.15) is 0 Å². The molecule has 3 nitrogen and oxygen atoms in total. The molecule has 0 aliphatic heterocycles. The van der Waals surface area contributed by atoms with Gasteiger partial charge < -0.3 is 10.1 Å². The van der Waals surface area contributed by atoms with Gasteiger partial charge in [-0.05, 0) is 40.9 Å². The van der Waals surface area contributed by atoms with Gasteiger partial charge in [0.25, 0.3) is 5.91 Å². The molecule has 1 aromatic carbocycles. The summed E-state index contributed by atoms with van der Waals surface area (Å²) in [5.74, 6) is -0.0754. The minimum atomic E-state index is -0.0754. The van der Waals surface area contributed by atoms with Crippen LogP contribution in [0.15, 0.2) is 22.7 Å². The Bertz CT molecular complexity index is 404. The molecule has 18 heavy (non-hydrogen) atoms. The van der Waals surface area contributed by atoms with Crippen LogP contribution >= 0.6 is 31.9 Å². The Labute approximate surface area is 125 Å². The van der Waals surface area contributed by atoms with E-state index in [2.05, 4.69) is 37.2 Å². The minimum Gasteiger partial charge on any atom is -0.383 e. The summed E-state index contributed by atoms with van der Waals surface area (Å²) in [4.78, 5) is 12.2. The molecule has 0 radical (unpaired) electrons. The molecular weight excluding hydrogens is 362 g/mol. The first-order chi connectivity index (χ1) is 8.60. The molecule has 100 valence electrons. The molecule has 1 N–H and O–H groups in total. The molecular formula is C13H17Br2NO2. The highest BCUT2D eigenvalue weighted by Crippen LogP contribution is 2.21. The Morgan fingerprint density at radius 2 is 2.22 bits per heavy atom. The average molecular weight is 379 g/mol. The molecule has 0 aromatic heterocycles. The van der Waals surface area contributed by atoms with Crippen molar-refractivity contribution in [3.8, 4) is 0 Å². The van der Waals surface area contributed by atoms with Crippen LogP contribution in [-0.2, 0) is 4.74 Å². The quantitative estimate of drug-likeness (QED) is 0.771. The van der Waals surface area contributed by atoms with Gasteiger partial charge in [-0.15, -0.1) is 0 Å². The first-order valence-electron chi connectivity index (χ1n) is 5.71. The number of methoxy groups -OCH3 is 1. The summed E-state index contributed by atoms with van der Waals surface area (Å²) in [6.45, 7) is 2.48. The number of aryl methyl sites for hydroxylation is 1. The molecule has 0 saturated carbocycles. The van der Waals surface area contributed by atoms with Crippen LogP contribution in [0.4, 0.5) is 0 Å². The molecule has 0 bridgehead atoms. The van der Waals surface area contributed by atoms with Gasteiger partial charge in [0, 0.05) is 16.9 Å². The molecule has 0 aliphatic carbocycles. The monoisotopic (exact) mass is 377 g/mol. The maximum atomic E-state index is 12.2. The summed E-state index contributed by atoms with van der Waals surface area (Å²) < 4.78 is 5.94. The second kappa shape index (κ2) is 7.92. The molecule has 0 spiro atoms. The smallest absolute Gasteiger partial charge is 0.252 e. The number of halogens is 2. The van der Waals surface area contributed by atoms with Crippen molar-refractivity contribution in [3.63, 3.8) is 0 Å². The van der Waals surface area contributed by atoms with E-state index in [1.165, 1.54) is 0 Å². The van der Waals surface area contributed by atoms with E-state index in [9.17, 15) is 4.79 Å². The number of hydrogen-bond acceptors (Lipinski definition) is 2. The zero-order valence-corrected chi connectivity index (χ0v) is 13.7. The van der Waals surface area contributed by atoms with E-state index >= 15 is 0 Å². The Morgan fingerprint density at radius 3 is 2.83 bits per heavy atom. The lowest BCUT2D eigenvalue weighted by Gasteiger charge is -2.17. The average Bonchev–Trinajstić information content (AvgIpc) is 2.33. The molecule has 1 unspecified atom stereocenters. The third-order valence-corrected chi connectivity index (χ3v) is 4.11. The molecule has 1 aromatic rings. The van der Waals surface area contributed by atoms with Crippen LogP contribution < -0.4 is 5.32 Å². The lowest BCUT2D eigenvalue weighted by atomic mass is 10.1. The third kappa shape index (κ3) is 4.37. The fraction of sp³-hybridized carbons (Fsp3) is 0.462. The normalized spacial score (nSPS) is 12.2. The van der Waals surface area contributed by atoms with Crippen molar-refractivity contribution < 1.29 is 9.53 Å². The highest BCUT2D eigenvalue weighted by atomic mass is 79.9. The predicted octanol–water partition coefficient (Wildman–Crippen LogP) is 3.29. The highest BCUT2D eigenvalue weighted by Gasteiger charge is 2.15. The Morgan fingerprint density at radius 1 is 1.50 bits per heavy atom. The lowest BCUT2D eigenvalue weighted by molar-refractivity contribution is 0.0894. The van der Waals surface area contributed by atoms with Crippen LogP contribution in [0.25, 0.3) is 0 Å². The van der Waals surface area contributed by atoms with Gasteiger partial charge in [-0.2, -0.15) is 0 Å². The van der Waals surface area contributed by atoms with Crippen LogP contribution in [0.3, 0.4) is 0 Å². The second-order valence-electron chi connectivity index (χ2n) is 4.04. The molecule has 1 rings (SSSR count). The lowest BCUT2D eigenvalue weighted by Crippen LogP contribution is -2.38. The van der Waals surface area contributed by atoms with E-state index in [4.69, 9.17) is 4.74 Å². The van der Waals surface area contributed by atoms with Crippen molar-refractivity contribution >= 4 is 37.8 Å². The zero-order valence-electron chi connectivity index (χ0n) is 10.5. The third-order valence-electron chi connectivity index (χ3n) is 2.60. The fourth-order valence-corrected chi connectivity index (χ4v) is 2.61. The Kier molecular flexibility index (Phi) is 6.89. The van der Waals surface area contributed by atoms with E-state index < -0.39 is 0 Å². The number of nitrogens with one attached hydrogen (secondary N) is 1. The Hall–Kier alpha value is -0.390. The predicted molar refractivity (Wildman–Crippen MR) is 80.4 cm³/mol. The maximum absolute atomic E-state index is 12.2. The fourth-order valence-electron chi connectivity index (χ4n) is 1.62. The molecule has 1 atom stereocenters. The van der Waals surface area contributed by atoms with Crippen molar-refractivity contribution in [2.75, 3.05) is 19.0 Å². The van der Waals surface area contributed by atoms with Crippen LogP contribution in [0.2, 0.25) is 0 Å². The maximum Gasteiger partial charge on any atom is 0.252 e. The van der Waals surface area contributed by atoms with E-state index in [1.54, 1.807) is 7.11 Å². The van der Waals surface area contributed by atoms with Crippen molar-refractivity contribution in [3.05, 3.63) is 33.8 Å². The minimum absolute atomic E-state index is 0.0225. The van der Waals surface area contributed by atoms with Gasteiger partial charge in [0.05, 0.1) is 18.2 Å². The van der Waals surface area contributed by atoms with Gasteiger partial charge >= 0.3 is 0 Å². The first kappa shape index (κ1) is 15.7. The van der Waals surface area contributed by atoms with E-state index in [0.29, 0.717) is 12.2 Å². The van der Waals surface area contributed by atoms with Crippen LogP contribution in [0, 0.1) is 6.92 Å². The summed E-state index contributed by atoms with van der Waals surface area (Å²) in [5.41, 5.74) is 1.71. The molecule has 0 fully saturated rings. The van der Waals surface area contributed by atoms with E-state index in [-0.39, 0.29) is 11.9 Å². The van der Waals surface area contributed by atoms with Crippen LogP contribution in [-0.4, -0.2) is 31.0 Å². The van der Waals surface area contributed by atoms with E-state index in [0.717, 1.165) is 21.8 Å². The number of benzene rings is 1. The van der Waals surface area contributed by atoms with Crippen molar-refractivity contribution in [1.82, 2.24) is 5.32 Å². The molecule has 0 aliphatic rings. The Balaban J connectivity index is 2.77. The molecule has 1 amide bonds. The number of carbonyl (C=O) groups is 1. The van der Waals surface area contributed by atoms with Crippen molar-refractivity contribution in [1.29, 1.82) is 0 Å².